The zero-order chi connectivity index (χ0) is 7.44. The Morgan fingerprint density at radius 1 is 1.40 bits per heavy atom. The van der Waals surface area contributed by atoms with Crippen LogP contribution in [0.4, 0.5) is 0 Å². The molecule has 0 unspecified atom stereocenters. The van der Waals surface area contributed by atoms with Gasteiger partial charge in [-0.2, -0.15) is 0 Å². The molecule has 0 aliphatic carbocycles. The molecule has 0 fully saturated rings. The summed E-state index contributed by atoms with van der Waals surface area (Å²) >= 11 is 0. The van der Waals surface area contributed by atoms with E-state index in [0.29, 0.717) is 0 Å². The molecule has 0 saturated carbocycles. The molecule has 0 bridgehead atoms. The number of carbonyl (C=O) groups excluding carboxylic acids is 2. The third kappa shape index (κ3) is 6.89. The second kappa shape index (κ2) is 6.48. The maximum atomic E-state index is 10.5. The van der Waals surface area contributed by atoms with E-state index in [1.165, 1.54) is 0 Å². The quantitative estimate of drug-likeness (QED) is 0.322. The van der Waals surface area contributed by atoms with Crippen LogP contribution in [-0.4, -0.2) is 11.8 Å². The molecule has 0 heterocycles. The summed E-state index contributed by atoms with van der Waals surface area (Å²) in [5.41, 5.74) is 0. The van der Waals surface area contributed by atoms with Crippen molar-refractivity contribution in [2.24, 2.45) is 5.92 Å². The van der Waals surface area contributed by atoms with Crippen LogP contribution in [0.3, 0.4) is 0 Å². The molecular weight excluding hydrogens is 159 g/mol. The minimum Gasteiger partial charge on any atom is -0.550 e. The molecule has 0 saturated heterocycles. The van der Waals surface area contributed by atoms with Crippen LogP contribution < -0.4 is 56.5 Å². The second-order valence-electron chi connectivity index (χ2n) is 2.17. The molecule has 0 aromatic heterocycles. The summed E-state index contributed by atoms with van der Waals surface area (Å²) in [5.74, 6) is -1.79. The fourth-order valence-electron chi connectivity index (χ4n) is 0.346. The van der Waals surface area contributed by atoms with Gasteiger partial charge in [0.15, 0.2) is 0 Å². The molecule has 52 valence electrons. The van der Waals surface area contributed by atoms with E-state index < -0.39 is 12.4 Å². The van der Waals surface area contributed by atoms with E-state index in [-0.39, 0.29) is 63.1 Å². The predicted octanol–water partition coefficient (Wildman–Crippen LogP) is -3.64. The first-order chi connectivity index (χ1) is 4.04. The number of carbonyl (C=O) groups is 2. The minimum atomic E-state index is -1.30. The van der Waals surface area contributed by atoms with Crippen LogP contribution in [0.5, 0.6) is 0 Å². The number of hydrogen-bond donors (Lipinski definition) is 0. The summed E-state index contributed by atoms with van der Waals surface area (Å²) in [4.78, 5) is 20.3. The van der Waals surface area contributed by atoms with Crippen LogP contribution in [0.25, 0.3) is 0 Å². The average Bonchev–Trinajstić information content (AvgIpc) is 1.63. The molecule has 4 heteroatoms. The van der Waals surface area contributed by atoms with E-state index in [0.717, 1.165) is 0 Å². The third-order valence-corrected chi connectivity index (χ3v) is 0.963. The number of carboxylic acids is 1. The Labute approximate surface area is 103 Å². The van der Waals surface area contributed by atoms with Crippen LogP contribution in [0.1, 0.15) is 20.3 Å². The number of ketones is 1. The zero-order valence-corrected chi connectivity index (χ0v) is 9.63. The molecule has 0 radical (unpaired) electrons. The first-order valence-corrected chi connectivity index (χ1v) is 2.76. The molecule has 10 heavy (non-hydrogen) atoms. The molecule has 0 amide bonds. The molecule has 0 aromatic carbocycles. The maximum Gasteiger partial charge on any atom is 1.00 e. The van der Waals surface area contributed by atoms with E-state index in [1.54, 1.807) is 13.8 Å². The molecular formula is C6H9KO3. The van der Waals surface area contributed by atoms with E-state index in [9.17, 15) is 14.7 Å². The van der Waals surface area contributed by atoms with E-state index in [4.69, 9.17) is 0 Å². The van der Waals surface area contributed by atoms with E-state index in [1.807, 2.05) is 0 Å². The van der Waals surface area contributed by atoms with Crippen LogP contribution in [-0.2, 0) is 9.59 Å². The Morgan fingerprint density at radius 2 is 1.80 bits per heavy atom. The molecule has 0 aliphatic heterocycles. The van der Waals surface area contributed by atoms with Gasteiger partial charge in [0.2, 0.25) is 0 Å². The minimum absolute atomic E-state index is 0. The van der Waals surface area contributed by atoms with Gasteiger partial charge >= 0.3 is 51.4 Å². The van der Waals surface area contributed by atoms with Crippen molar-refractivity contribution >= 4 is 11.8 Å². The number of aliphatic carboxylic acids is 1. The van der Waals surface area contributed by atoms with Gasteiger partial charge in [-0.25, -0.2) is 0 Å². The van der Waals surface area contributed by atoms with Gasteiger partial charge in [-0.05, 0) is 0 Å². The van der Waals surface area contributed by atoms with E-state index in [2.05, 4.69) is 0 Å². The monoisotopic (exact) mass is 168 g/mol. The van der Waals surface area contributed by atoms with Crippen molar-refractivity contribution in [1.29, 1.82) is 0 Å². The molecule has 0 aliphatic rings. The molecule has 0 atom stereocenters. The zero-order valence-electron chi connectivity index (χ0n) is 6.51. The molecule has 3 nitrogen and oxygen atoms in total. The van der Waals surface area contributed by atoms with Crippen molar-refractivity contribution in [1.82, 2.24) is 0 Å². The van der Waals surface area contributed by atoms with Crippen LogP contribution >= 0.6 is 0 Å². The number of hydrogen-bond acceptors (Lipinski definition) is 3. The molecule has 0 N–H and O–H groups in total. The summed E-state index contributed by atoms with van der Waals surface area (Å²) < 4.78 is 0. The number of carboxylic acid groups (broad SMARTS) is 1. The van der Waals surface area contributed by atoms with Crippen LogP contribution in [0.2, 0.25) is 0 Å². The van der Waals surface area contributed by atoms with Gasteiger partial charge in [0.1, 0.15) is 5.78 Å². The Bertz CT molecular complexity index is 131. The summed E-state index contributed by atoms with van der Waals surface area (Å²) in [6, 6.07) is 0. The van der Waals surface area contributed by atoms with Crippen molar-refractivity contribution < 1.29 is 66.1 Å². The van der Waals surface area contributed by atoms with Crippen LogP contribution in [0, 0.1) is 5.92 Å². The topological polar surface area (TPSA) is 57.2 Å². The van der Waals surface area contributed by atoms with Crippen molar-refractivity contribution in [2.45, 2.75) is 20.3 Å². The fraction of sp³-hybridized carbons (Fsp3) is 0.667. The third-order valence-electron chi connectivity index (χ3n) is 0.963. The maximum absolute atomic E-state index is 10.5. The standard InChI is InChI=1S/C6H10O3.K/c1-4(2)5(7)3-6(8)9;/h4H,3H2,1-2H3,(H,8,9);/q;+1/p-1. The summed E-state index contributed by atoms with van der Waals surface area (Å²) in [5, 5.41) is 9.78. The number of rotatable bonds is 3. The molecule has 0 spiro atoms. The SMILES string of the molecule is CC(C)C(=O)CC(=O)[O-].[K+]. The van der Waals surface area contributed by atoms with Gasteiger partial charge in [-0.15, -0.1) is 0 Å². The van der Waals surface area contributed by atoms with Gasteiger partial charge in [0.25, 0.3) is 0 Å². The summed E-state index contributed by atoms with van der Waals surface area (Å²) in [6.45, 7) is 3.32. The van der Waals surface area contributed by atoms with Gasteiger partial charge in [0, 0.05) is 18.3 Å². The van der Waals surface area contributed by atoms with Crippen molar-refractivity contribution in [3.63, 3.8) is 0 Å². The van der Waals surface area contributed by atoms with Gasteiger partial charge in [-0.1, -0.05) is 13.8 Å². The van der Waals surface area contributed by atoms with Gasteiger partial charge < -0.3 is 9.90 Å². The first-order valence-electron chi connectivity index (χ1n) is 2.76. The number of Topliss-reactive ketones (excluding diaryl/α,β-unsaturated/α-hetero) is 1. The molecule has 0 rings (SSSR count). The van der Waals surface area contributed by atoms with Gasteiger partial charge in [-0.3, -0.25) is 4.79 Å². The Balaban J connectivity index is 0. The smallest absolute Gasteiger partial charge is 0.550 e. The summed E-state index contributed by atoms with van der Waals surface area (Å²) in [6.07, 6.45) is -0.461. The largest absolute Gasteiger partial charge is 1.00 e. The second-order valence-corrected chi connectivity index (χ2v) is 2.17. The van der Waals surface area contributed by atoms with Crippen molar-refractivity contribution in [3.8, 4) is 0 Å². The normalized spacial score (nSPS) is 8.70. The fourth-order valence-corrected chi connectivity index (χ4v) is 0.346. The Kier molecular flexibility index (Phi) is 8.67. The Hall–Kier alpha value is 0.776. The Morgan fingerprint density at radius 3 is 1.90 bits per heavy atom. The van der Waals surface area contributed by atoms with Crippen molar-refractivity contribution in [3.05, 3.63) is 0 Å². The summed E-state index contributed by atoms with van der Waals surface area (Å²) in [7, 11) is 0. The predicted molar refractivity (Wildman–Crippen MR) is 29.5 cm³/mol. The average molecular weight is 168 g/mol. The van der Waals surface area contributed by atoms with E-state index >= 15 is 0 Å². The van der Waals surface area contributed by atoms with Crippen molar-refractivity contribution in [2.75, 3.05) is 0 Å². The first kappa shape index (κ1) is 13.4. The van der Waals surface area contributed by atoms with Crippen LogP contribution in [0.15, 0.2) is 0 Å². The molecule has 0 aromatic rings. The van der Waals surface area contributed by atoms with Gasteiger partial charge in [0.05, 0.1) is 0 Å².